The second-order valence-electron chi connectivity index (χ2n) is 7.93. The smallest absolute Gasteiger partial charge is 0.260 e. The summed E-state index contributed by atoms with van der Waals surface area (Å²) in [4.78, 5) is 12.8. The fourth-order valence-corrected chi connectivity index (χ4v) is 3.83. The fourth-order valence-electron chi connectivity index (χ4n) is 3.83. The molecule has 1 N–H and O–H groups in total. The van der Waals surface area contributed by atoms with E-state index in [1.165, 1.54) is 5.56 Å². The third kappa shape index (κ3) is 4.74. The molecule has 1 saturated heterocycles. The third-order valence-corrected chi connectivity index (χ3v) is 5.65. The lowest BCUT2D eigenvalue weighted by Crippen LogP contribution is -2.47. The Kier molecular flexibility index (Phi) is 6.74. The van der Waals surface area contributed by atoms with Gasteiger partial charge in [0.2, 0.25) is 0 Å². The van der Waals surface area contributed by atoms with Crippen molar-refractivity contribution in [3.8, 4) is 5.75 Å². The Labute approximate surface area is 168 Å². The second kappa shape index (κ2) is 9.24. The highest BCUT2D eigenvalue weighted by Crippen LogP contribution is 2.34. The molecule has 1 aliphatic heterocycles. The van der Waals surface area contributed by atoms with E-state index in [4.69, 9.17) is 9.47 Å². The first-order valence-electron chi connectivity index (χ1n) is 10.2. The molecule has 1 heterocycles. The fraction of sp³-hybridized carbons (Fsp3) is 0.458. The molecule has 0 aliphatic carbocycles. The van der Waals surface area contributed by atoms with Crippen molar-refractivity contribution >= 4 is 5.91 Å². The van der Waals surface area contributed by atoms with Gasteiger partial charge in [0.15, 0.2) is 6.10 Å². The summed E-state index contributed by atoms with van der Waals surface area (Å²) in [6, 6.07) is 18.4. The normalized spacial score (nSPS) is 17.1. The first-order chi connectivity index (χ1) is 13.5. The molecule has 28 heavy (non-hydrogen) atoms. The quantitative estimate of drug-likeness (QED) is 0.771. The van der Waals surface area contributed by atoms with Crippen LogP contribution in [0.5, 0.6) is 5.75 Å². The predicted molar refractivity (Wildman–Crippen MR) is 112 cm³/mol. The van der Waals surface area contributed by atoms with Crippen molar-refractivity contribution in [2.24, 2.45) is 0 Å². The van der Waals surface area contributed by atoms with Gasteiger partial charge in [0, 0.05) is 25.2 Å². The first kappa shape index (κ1) is 20.4. The van der Waals surface area contributed by atoms with Crippen molar-refractivity contribution < 1.29 is 14.3 Å². The Bertz CT molecular complexity index is 766. The zero-order valence-electron chi connectivity index (χ0n) is 17.1. The molecule has 150 valence electrons. The van der Waals surface area contributed by atoms with Crippen LogP contribution in [0.15, 0.2) is 54.6 Å². The highest BCUT2D eigenvalue weighted by Gasteiger charge is 2.35. The number of hydrogen-bond acceptors (Lipinski definition) is 3. The zero-order chi connectivity index (χ0) is 20.0. The second-order valence-corrected chi connectivity index (χ2v) is 7.93. The standard InChI is InChI=1S/C24H31NO3/c1-18(2)21-11-7-8-12-22(21)28-19(3)23(26)25-17-24(13-15-27-16-14-24)20-9-5-4-6-10-20/h4-12,18-19H,13-17H2,1-3H3,(H,25,26)/t19-/m0/s1. The summed E-state index contributed by atoms with van der Waals surface area (Å²) in [6.45, 7) is 8.10. The van der Waals surface area contributed by atoms with Crippen LogP contribution >= 0.6 is 0 Å². The van der Waals surface area contributed by atoms with Crippen LogP contribution in [0.3, 0.4) is 0 Å². The topological polar surface area (TPSA) is 47.6 Å². The van der Waals surface area contributed by atoms with Gasteiger partial charge < -0.3 is 14.8 Å². The number of ether oxygens (including phenoxy) is 2. The number of rotatable bonds is 7. The molecule has 4 nitrogen and oxygen atoms in total. The van der Waals surface area contributed by atoms with Crippen molar-refractivity contribution in [2.75, 3.05) is 19.8 Å². The van der Waals surface area contributed by atoms with Gasteiger partial charge in [-0.1, -0.05) is 62.4 Å². The molecular weight excluding hydrogens is 350 g/mol. The maximum absolute atomic E-state index is 12.8. The molecule has 3 rings (SSSR count). The average molecular weight is 382 g/mol. The van der Waals surface area contributed by atoms with E-state index in [-0.39, 0.29) is 11.3 Å². The molecule has 0 radical (unpaired) electrons. The van der Waals surface area contributed by atoms with Gasteiger partial charge in [-0.25, -0.2) is 0 Å². The molecule has 0 unspecified atom stereocenters. The van der Waals surface area contributed by atoms with Crippen LogP contribution in [0.25, 0.3) is 0 Å². The molecule has 0 spiro atoms. The predicted octanol–water partition coefficient (Wildman–Crippen LogP) is 4.44. The molecule has 0 aromatic heterocycles. The molecule has 2 aromatic rings. The van der Waals surface area contributed by atoms with E-state index < -0.39 is 6.10 Å². The van der Waals surface area contributed by atoms with Crippen molar-refractivity contribution in [2.45, 2.75) is 51.0 Å². The van der Waals surface area contributed by atoms with Crippen LogP contribution in [-0.2, 0) is 14.9 Å². The van der Waals surface area contributed by atoms with Gasteiger partial charge in [0.05, 0.1) is 0 Å². The summed E-state index contributed by atoms with van der Waals surface area (Å²) in [5, 5.41) is 3.14. The summed E-state index contributed by atoms with van der Waals surface area (Å²) < 4.78 is 11.6. The highest BCUT2D eigenvalue weighted by atomic mass is 16.5. The largest absolute Gasteiger partial charge is 0.481 e. The molecule has 1 fully saturated rings. The SMILES string of the molecule is CC(C)c1ccccc1O[C@@H](C)C(=O)NCC1(c2ccccc2)CCOCC1. The van der Waals surface area contributed by atoms with E-state index in [2.05, 4.69) is 49.5 Å². The summed E-state index contributed by atoms with van der Waals surface area (Å²) in [7, 11) is 0. The van der Waals surface area contributed by atoms with Gasteiger partial charge in [0.25, 0.3) is 5.91 Å². The van der Waals surface area contributed by atoms with Crippen LogP contribution in [0.1, 0.15) is 50.7 Å². The molecular formula is C24H31NO3. The van der Waals surface area contributed by atoms with E-state index >= 15 is 0 Å². The molecule has 1 amide bonds. The van der Waals surface area contributed by atoms with Crippen LogP contribution in [-0.4, -0.2) is 31.8 Å². The van der Waals surface area contributed by atoms with Gasteiger partial charge in [-0.05, 0) is 42.9 Å². The number of carbonyl (C=O) groups is 1. The van der Waals surface area contributed by atoms with E-state index in [0.29, 0.717) is 12.5 Å². The number of amides is 1. The van der Waals surface area contributed by atoms with Crippen molar-refractivity contribution in [1.82, 2.24) is 5.32 Å². The average Bonchev–Trinajstić information content (AvgIpc) is 2.73. The number of nitrogens with one attached hydrogen (secondary N) is 1. The van der Waals surface area contributed by atoms with Crippen LogP contribution in [0, 0.1) is 0 Å². The minimum atomic E-state index is -0.549. The van der Waals surface area contributed by atoms with E-state index in [0.717, 1.165) is 37.4 Å². The van der Waals surface area contributed by atoms with Gasteiger partial charge in [-0.15, -0.1) is 0 Å². The first-order valence-corrected chi connectivity index (χ1v) is 10.2. The number of benzene rings is 2. The van der Waals surface area contributed by atoms with Crippen molar-refractivity contribution in [3.05, 3.63) is 65.7 Å². The van der Waals surface area contributed by atoms with Crippen LogP contribution in [0.2, 0.25) is 0 Å². The minimum Gasteiger partial charge on any atom is -0.481 e. The Morgan fingerprint density at radius 1 is 1.04 bits per heavy atom. The monoisotopic (exact) mass is 381 g/mol. The summed E-state index contributed by atoms with van der Waals surface area (Å²) in [5.74, 6) is 1.04. The van der Waals surface area contributed by atoms with Crippen molar-refractivity contribution in [1.29, 1.82) is 0 Å². The van der Waals surface area contributed by atoms with Gasteiger partial charge in [0.1, 0.15) is 5.75 Å². The summed E-state index contributed by atoms with van der Waals surface area (Å²) >= 11 is 0. The lowest BCUT2D eigenvalue weighted by atomic mass is 9.74. The van der Waals surface area contributed by atoms with E-state index in [1.54, 1.807) is 0 Å². The maximum Gasteiger partial charge on any atom is 0.260 e. The lowest BCUT2D eigenvalue weighted by molar-refractivity contribution is -0.127. The number of hydrogen-bond donors (Lipinski definition) is 1. The number of para-hydroxylation sites is 1. The summed E-state index contributed by atoms with van der Waals surface area (Å²) in [5.41, 5.74) is 2.30. The highest BCUT2D eigenvalue weighted by molar-refractivity contribution is 5.80. The molecule has 1 atom stereocenters. The third-order valence-electron chi connectivity index (χ3n) is 5.65. The Morgan fingerprint density at radius 2 is 1.68 bits per heavy atom. The van der Waals surface area contributed by atoms with Gasteiger partial charge >= 0.3 is 0 Å². The Morgan fingerprint density at radius 3 is 2.36 bits per heavy atom. The molecule has 1 aliphatic rings. The van der Waals surface area contributed by atoms with E-state index in [9.17, 15) is 4.79 Å². The van der Waals surface area contributed by atoms with Crippen LogP contribution in [0.4, 0.5) is 0 Å². The van der Waals surface area contributed by atoms with Gasteiger partial charge in [-0.2, -0.15) is 0 Å². The Hall–Kier alpha value is -2.33. The molecule has 0 bridgehead atoms. The Balaban J connectivity index is 1.66. The molecule has 2 aromatic carbocycles. The number of carbonyl (C=O) groups excluding carboxylic acids is 1. The van der Waals surface area contributed by atoms with Crippen molar-refractivity contribution in [3.63, 3.8) is 0 Å². The molecule has 0 saturated carbocycles. The zero-order valence-corrected chi connectivity index (χ0v) is 17.1. The molecule has 4 heteroatoms. The van der Waals surface area contributed by atoms with Gasteiger partial charge in [-0.3, -0.25) is 4.79 Å². The minimum absolute atomic E-state index is 0.0786. The lowest BCUT2D eigenvalue weighted by Gasteiger charge is -2.38. The summed E-state index contributed by atoms with van der Waals surface area (Å²) in [6.07, 6.45) is 1.26. The maximum atomic E-state index is 12.8. The van der Waals surface area contributed by atoms with Crippen LogP contribution < -0.4 is 10.1 Å². The van der Waals surface area contributed by atoms with E-state index in [1.807, 2.05) is 31.2 Å².